The monoisotopic (exact) mass is 564 g/mol. The van der Waals surface area contributed by atoms with Crippen LogP contribution in [0.3, 0.4) is 0 Å². The highest BCUT2D eigenvalue weighted by Gasteiger charge is 2.44. The Morgan fingerprint density at radius 3 is 1.12 bits per heavy atom. The lowest BCUT2D eigenvalue weighted by atomic mass is 9.78. The largest absolute Gasteiger partial charge is 0.784 e. The first kappa shape index (κ1) is 35.0. The van der Waals surface area contributed by atoms with E-state index in [0.29, 0.717) is 51.4 Å². The highest BCUT2D eigenvalue weighted by molar-refractivity contribution is 5.78. The Labute approximate surface area is 245 Å². The summed E-state index contributed by atoms with van der Waals surface area (Å²) in [6, 6.07) is 0.109. The molecule has 0 aromatic carbocycles. The van der Waals surface area contributed by atoms with Gasteiger partial charge in [-0.25, -0.2) is 0 Å². The van der Waals surface area contributed by atoms with Crippen LogP contribution in [0.15, 0.2) is 0 Å². The second-order valence-electron chi connectivity index (χ2n) is 15.1. The predicted octanol–water partition coefficient (Wildman–Crippen LogP) is 6.84. The summed E-state index contributed by atoms with van der Waals surface area (Å²) in [5.41, 5.74) is -2.07. The zero-order valence-electron chi connectivity index (χ0n) is 27.5. The first-order valence-electron chi connectivity index (χ1n) is 15.9. The van der Waals surface area contributed by atoms with E-state index in [-0.39, 0.29) is 23.9 Å². The molecule has 0 N–H and O–H groups in total. The summed E-state index contributed by atoms with van der Waals surface area (Å²) in [6.45, 7) is 21.6. The van der Waals surface area contributed by atoms with E-state index in [4.69, 9.17) is 0 Å². The number of rotatable bonds is 13. The van der Waals surface area contributed by atoms with Gasteiger partial charge in [0, 0.05) is 60.2 Å². The third-order valence-corrected chi connectivity index (χ3v) is 9.20. The summed E-state index contributed by atoms with van der Waals surface area (Å²) < 4.78 is 0. The highest BCUT2D eigenvalue weighted by Crippen LogP contribution is 2.41. The normalized spacial score (nSPS) is 23.2. The average Bonchev–Trinajstić information content (AvgIpc) is 2.83. The minimum absolute atomic E-state index is 0.0546. The Morgan fingerprint density at radius 1 is 0.600 bits per heavy atom. The van der Waals surface area contributed by atoms with E-state index in [0.717, 1.165) is 38.8 Å². The van der Waals surface area contributed by atoms with Crippen molar-refractivity contribution in [3.63, 3.8) is 0 Å². The summed E-state index contributed by atoms with van der Waals surface area (Å²) >= 11 is 0. The maximum atomic E-state index is 13.5. The number of hydrogen-bond acceptors (Lipinski definition) is 6. The van der Waals surface area contributed by atoms with Gasteiger partial charge < -0.3 is 30.3 Å². The molecule has 0 radical (unpaired) electrons. The van der Waals surface area contributed by atoms with Crippen LogP contribution in [-0.2, 0) is 9.59 Å². The molecule has 2 saturated heterocycles. The number of unbranched alkanes of at least 4 members (excludes halogenated alkanes) is 3. The second-order valence-corrected chi connectivity index (χ2v) is 15.1. The molecule has 0 spiro atoms. The molecular formula is C32H60N4O4-2. The molecule has 8 heteroatoms. The lowest BCUT2D eigenvalue weighted by Crippen LogP contribution is -2.62. The third kappa shape index (κ3) is 8.65. The summed E-state index contributed by atoms with van der Waals surface area (Å²) in [4.78, 5) is 31.1. The van der Waals surface area contributed by atoms with Crippen molar-refractivity contribution in [2.75, 3.05) is 13.1 Å². The van der Waals surface area contributed by atoms with E-state index in [1.54, 1.807) is 0 Å². The molecule has 0 saturated carbocycles. The molecule has 40 heavy (non-hydrogen) atoms. The Bertz CT molecular complexity index is 737. The Hall–Kier alpha value is -1.22. The van der Waals surface area contributed by atoms with Crippen molar-refractivity contribution in [1.82, 2.24) is 19.9 Å². The van der Waals surface area contributed by atoms with Gasteiger partial charge in [-0.05, 0) is 107 Å². The molecule has 0 bridgehead atoms. The quantitative estimate of drug-likeness (QED) is 0.227. The van der Waals surface area contributed by atoms with Gasteiger partial charge in [0.15, 0.2) is 0 Å². The van der Waals surface area contributed by atoms with Crippen LogP contribution in [0.4, 0.5) is 0 Å². The number of nitrogens with zero attached hydrogens (tertiary/aromatic N) is 4. The summed E-state index contributed by atoms with van der Waals surface area (Å²) in [5.74, 6) is 0.289. The van der Waals surface area contributed by atoms with Crippen LogP contribution >= 0.6 is 0 Å². The smallest absolute Gasteiger partial charge is 0.222 e. The van der Waals surface area contributed by atoms with E-state index in [1.807, 2.05) is 65.2 Å². The van der Waals surface area contributed by atoms with Gasteiger partial charge in [-0.3, -0.25) is 9.59 Å². The van der Waals surface area contributed by atoms with Crippen LogP contribution in [0.2, 0.25) is 0 Å². The standard InChI is InChI=1S/C32H60N4O4/c1-11-13-19-33(25-21-29(3,4)35(39)30(5,6)22-25)27(37)17-15-16-18-28(38)34(20-14-12-2)26-23-31(7,8)36(40)32(9,10)24-26/h25-26H,11-24H2,1-10H3/q-2. The van der Waals surface area contributed by atoms with Crippen molar-refractivity contribution in [2.45, 2.75) is 181 Å². The lowest BCUT2D eigenvalue weighted by Gasteiger charge is -2.61. The van der Waals surface area contributed by atoms with Crippen molar-refractivity contribution >= 4 is 11.8 Å². The topological polar surface area (TPSA) is 93.2 Å². The summed E-state index contributed by atoms with van der Waals surface area (Å²) in [7, 11) is 0. The van der Waals surface area contributed by atoms with Crippen LogP contribution in [0, 0.1) is 10.4 Å². The van der Waals surface area contributed by atoms with Gasteiger partial charge in [0.05, 0.1) is 0 Å². The maximum Gasteiger partial charge on any atom is 0.222 e. The van der Waals surface area contributed by atoms with E-state index >= 15 is 0 Å². The molecular weight excluding hydrogens is 504 g/mol. The molecule has 0 aromatic heterocycles. The van der Waals surface area contributed by atoms with E-state index < -0.39 is 22.2 Å². The fourth-order valence-electron chi connectivity index (χ4n) is 7.38. The first-order valence-corrected chi connectivity index (χ1v) is 15.9. The molecule has 2 heterocycles. The SMILES string of the molecule is CCCCN(C(=O)CCCCC(=O)N(CCCC)C1CC(C)(C)N([O-])C(C)(C)C1)C1CC(C)(C)N([O-])C(C)(C)C1. The highest BCUT2D eigenvalue weighted by atomic mass is 16.5. The van der Waals surface area contributed by atoms with Crippen LogP contribution < -0.4 is 0 Å². The van der Waals surface area contributed by atoms with E-state index in [1.165, 1.54) is 10.1 Å². The van der Waals surface area contributed by atoms with Gasteiger partial charge in [0.2, 0.25) is 11.8 Å². The molecule has 2 fully saturated rings. The number of hydroxylamine groups is 4. The van der Waals surface area contributed by atoms with Crippen molar-refractivity contribution in [3.05, 3.63) is 10.4 Å². The van der Waals surface area contributed by atoms with Crippen molar-refractivity contribution in [3.8, 4) is 0 Å². The molecule has 2 aliphatic rings. The Morgan fingerprint density at radius 2 is 0.875 bits per heavy atom. The third-order valence-electron chi connectivity index (χ3n) is 9.20. The average molecular weight is 565 g/mol. The van der Waals surface area contributed by atoms with Crippen LogP contribution in [0.25, 0.3) is 0 Å². The number of piperidine rings is 2. The van der Waals surface area contributed by atoms with E-state index in [2.05, 4.69) is 13.8 Å². The van der Waals surface area contributed by atoms with E-state index in [9.17, 15) is 20.0 Å². The van der Waals surface area contributed by atoms with Crippen LogP contribution in [0.1, 0.15) is 146 Å². The van der Waals surface area contributed by atoms with Gasteiger partial charge in [-0.15, -0.1) is 0 Å². The fourth-order valence-corrected chi connectivity index (χ4v) is 7.38. The van der Waals surface area contributed by atoms with Crippen molar-refractivity contribution in [1.29, 1.82) is 0 Å². The van der Waals surface area contributed by atoms with Gasteiger partial charge in [-0.2, -0.15) is 0 Å². The number of amides is 2. The zero-order chi connectivity index (χ0) is 30.5. The lowest BCUT2D eigenvalue weighted by molar-refractivity contribution is -0.140. The predicted molar refractivity (Wildman–Crippen MR) is 164 cm³/mol. The number of hydrogen-bond donors (Lipinski definition) is 0. The number of carbonyl (C=O) groups excluding carboxylic acids is 2. The van der Waals surface area contributed by atoms with Gasteiger partial charge >= 0.3 is 0 Å². The Kier molecular flexibility index (Phi) is 12.1. The molecule has 0 unspecified atom stereocenters. The molecule has 2 aliphatic heterocycles. The minimum atomic E-state index is -0.517. The molecule has 234 valence electrons. The zero-order valence-corrected chi connectivity index (χ0v) is 27.5. The molecule has 2 amide bonds. The summed E-state index contributed by atoms with van der Waals surface area (Å²) in [6.07, 6.45) is 8.84. The Balaban J connectivity index is 2.01. The second kappa shape index (κ2) is 13.8. The summed E-state index contributed by atoms with van der Waals surface area (Å²) in [5, 5.41) is 28.2. The molecule has 0 aromatic rings. The van der Waals surface area contributed by atoms with Gasteiger partial charge in [0.25, 0.3) is 0 Å². The first-order chi connectivity index (χ1) is 18.4. The van der Waals surface area contributed by atoms with Gasteiger partial charge in [0.1, 0.15) is 0 Å². The molecule has 8 nitrogen and oxygen atoms in total. The molecule has 2 rings (SSSR count). The number of carbonyl (C=O) groups is 2. The molecule has 0 aliphatic carbocycles. The minimum Gasteiger partial charge on any atom is -0.784 e. The molecule has 0 atom stereocenters. The fraction of sp³-hybridized carbons (Fsp3) is 0.938. The van der Waals surface area contributed by atoms with Crippen LogP contribution in [0.5, 0.6) is 0 Å². The maximum absolute atomic E-state index is 13.5. The van der Waals surface area contributed by atoms with Crippen molar-refractivity contribution in [2.24, 2.45) is 0 Å². The van der Waals surface area contributed by atoms with Crippen LogP contribution in [-0.4, -0.2) is 79.1 Å². The van der Waals surface area contributed by atoms with Gasteiger partial charge in [-0.1, -0.05) is 26.7 Å². The van der Waals surface area contributed by atoms with Crippen molar-refractivity contribution < 1.29 is 9.59 Å².